The summed E-state index contributed by atoms with van der Waals surface area (Å²) in [6.45, 7) is 0. The van der Waals surface area contributed by atoms with E-state index in [1.165, 1.54) is 118 Å². The number of thiophene rings is 1. The highest BCUT2D eigenvalue weighted by Crippen LogP contribution is 2.67. The van der Waals surface area contributed by atoms with Crippen LogP contribution in [-0.2, 0) is 10.8 Å². The molecule has 308 valence electrons. The Labute approximate surface area is 396 Å². The third-order valence-corrected chi connectivity index (χ3v) is 18.2. The lowest BCUT2D eigenvalue weighted by atomic mass is 9.67. The fraction of sp³-hybridized carbons (Fsp3) is 0.0323. The van der Waals surface area contributed by atoms with Crippen LogP contribution in [-0.4, -0.2) is 0 Å². The summed E-state index contributed by atoms with van der Waals surface area (Å²) >= 11 is 5.68. The predicted molar refractivity (Wildman–Crippen MR) is 277 cm³/mol. The third kappa shape index (κ3) is 4.68. The molecule has 2 aliphatic heterocycles. The van der Waals surface area contributed by atoms with Crippen molar-refractivity contribution >= 4 is 72.1 Å². The number of hydrogen-bond donors (Lipinski definition) is 0. The molecular weight excluding hydrogens is 855 g/mol. The maximum Gasteiger partial charge on any atom is 0.0736 e. The van der Waals surface area contributed by atoms with Crippen LogP contribution in [0.1, 0.15) is 44.5 Å². The molecule has 0 atom stereocenters. The van der Waals surface area contributed by atoms with Gasteiger partial charge in [-0.3, -0.25) is 0 Å². The van der Waals surface area contributed by atoms with Gasteiger partial charge in [0, 0.05) is 56.6 Å². The van der Waals surface area contributed by atoms with E-state index in [0.29, 0.717) is 0 Å². The summed E-state index contributed by atoms with van der Waals surface area (Å²) in [6.07, 6.45) is 0. The molecule has 1 nitrogen and oxygen atoms in total. The molecule has 2 spiro atoms. The summed E-state index contributed by atoms with van der Waals surface area (Å²) in [7, 11) is 0. The summed E-state index contributed by atoms with van der Waals surface area (Å²) in [5, 5.41) is 2.61. The maximum absolute atomic E-state index is 2.62. The second-order valence-electron chi connectivity index (χ2n) is 17.8. The van der Waals surface area contributed by atoms with Crippen molar-refractivity contribution in [2.75, 3.05) is 4.90 Å². The molecule has 0 amide bonds. The van der Waals surface area contributed by atoms with Crippen molar-refractivity contribution in [2.45, 2.75) is 30.4 Å². The van der Waals surface area contributed by atoms with Gasteiger partial charge in [0.2, 0.25) is 0 Å². The van der Waals surface area contributed by atoms with Gasteiger partial charge in [-0.25, -0.2) is 0 Å². The zero-order valence-corrected chi connectivity index (χ0v) is 38.0. The lowest BCUT2D eigenvalue weighted by molar-refractivity contribution is 0.722. The average Bonchev–Trinajstić information content (AvgIpc) is 4.00. The SMILES string of the molecule is c1ccc2c(c1)Sc1ccccc1C21c2ccccc2-c2c(N(c3ccc4c(c3)sc3ccccc34)c3cccc4c3-c3ccccc3C43c4ccccc4Sc4ccccc43)cccc21. The quantitative estimate of drug-likeness (QED) is 0.174. The van der Waals surface area contributed by atoms with Gasteiger partial charge in [-0.15, -0.1) is 11.3 Å². The largest absolute Gasteiger partial charge is 0.309 e. The van der Waals surface area contributed by atoms with Crippen LogP contribution in [0.15, 0.2) is 244 Å². The molecule has 15 rings (SSSR count). The fourth-order valence-corrected chi connectivity index (χ4v) is 15.9. The average molecular weight is 892 g/mol. The molecule has 66 heavy (non-hydrogen) atoms. The standard InChI is InChI=1S/C62H37NS3/c1-4-20-43-41(18-1)59-49(61(43)45-22-6-11-31-54(45)65-55-32-12-7-23-46(55)61)26-15-28-51(59)63(38-35-36-40-39-17-3-10-30-53(39)64-58(40)37-38)52-29-16-27-50-60(52)42-19-2-5-21-44(42)62(50)47-24-8-13-33-56(47)66-57-34-14-9-25-48(57)62/h1-37H. The van der Waals surface area contributed by atoms with Gasteiger partial charge in [0.05, 0.1) is 22.2 Å². The Balaban J connectivity index is 1.07. The fourth-order valence-electron chi connectivity index (χ4n) is 12.4. The molecule has 1 aromatic heterocycles. The van der Waals surface area contributed by atoms with E-state index >= 15 is 0 Å². The molecule has 3 heterocycles. The highest BCUT2D eigenvalue weighted by Gasteiger charge is 2.53. The number of benzene rings is 10. The van der Waals surface area contributed by atoms with Gasteiger partial charge >= 0.3 is 0 Å². The van der Waals surface area contributed by atoms with Crippen molar-refractivity contribution in [3.8, 4) is 22.3 Å². The van der Waals surface area contributed by atoms with Crippen LogP contribution in [0.25, 0.3) is 42.4 Å². The lowest BCUT2D eigenvalue weighted by Gasteiger charge is -2.40. The van der Waals surface area contributed by atoms with Gasteiger partial charge in [0.25, 0.3) is 0 Å². The Kier molecular flexibility index (Phi) is 7.73. The molecule has 0 bridgehead atoms. The Morgan fingerprint density at radius 1 is 0.303 bits per heavy atom. The monoisotopic (exact) mass is 891 g/mol. The van der Waals surface area contributed by atoms with Gasteiger partial charge in [0.15, 0.2) is 0 Å². The second kappa shape index (κ2) is 13.7. The molecule has 10 aromatic carbocycles. The Hall–Kier alpha value is -7.08. The van der Waals surface area contributed by atoms with Gasteiger partial charge in [0.1, 0.15) is 0 Å². The Morgan fingerprint density at radius 3 is 1.20 bits per heavy atom. The summed E-state index contributed by atoms with van der Waals surface area (Å²) in [5.41, 5.74) is 18.3. The smallest absolute Gasteiger partial charge is 0.0736 e. The van der Waals surface area contributed by atoms with Crippen LogP contribution in [0.3, 0.4) is 0 Å². The molecular formula is C62H37NS3. The van der Waals surface area contributed by atoms with E-state index in [9.17, 15) is 0 Å². The Bertz CT molecular complexity index is 3590. The van der Waals surface area contributed by atoms with E-state index in [0.717, 1.165) is 5.69 Å². The molecule has 4 aliphatic rings. The van der Waals surface area contributed by atoms with E-state index in [2.05, 4.69) is 229 Å². The van der Waals surface area contributed by atoms with Crippen LogP contribution in [0.2, 0.25) is 0 Å². The number of anilines is 3. The number of rotatable bonds is 3. The molecule has 4 heteroatoms. The van der Waals surface area contributed by atoms with Crippen LogP contribution in [0.4, 0.5) is 17.1 Å². The first-order chi connectivity index (χ1) is 32.7. The van der Waals surface area contributed by atoms with Crippen LogP contribution >= 0.6 is 34.9 Å². The van der Waals surface area contributed by atoms with Gasteiger partial charge < -0.3 is 4.90 Å². The molecule has 0 radical (unpaired) electrons. The molecule has 0 unspecified atom stereocenters. The minimum atomic E-state index is -0.496. The lowest BCUT2D eigenvalue weighted by Crippen LogP contribution is -2.32. The molecule has 0 saturated carbocycles. The first kappa shape index (κ1) is 37.2. The van der Waals surface area contributed by atoms with Crippen molar-refractivity contribution in [1.82, 2.24) is 0 Å². The third-order valence-electron chi connectivity index (χ3n) is 14.8. The second-order valence-corrected chi connectivity index (χ2v) is 21.0. The van der Waals surface area contributed by atoms with Crippen molar-refractivity contribution in [3.05, 3.63) is 269 Å². The van der Waals surface area contributed by atoms with E-state index < -0.39 is 10.8 Å². The van der Waals surface area contributed by atoms with Gasteiger partial charge in [-0.05, 0) is 110 Å². The highest BCUT2D eigenvalue weighted by atomic mass is 32.2. The topological polar surface area (TPSA) is 3.24 Å². The molecule has 0 fully saturated rings. The van der Waals surface area contributed by atoms with Crippen molar-refractivity contribution < 1.29 is 0 Å². The summed E-state index contributed by atoms with van der Waals surface area (Å²) in [4.78, 5) is 7.86. The van der Waals surface area contributed by atoms with Gasteiger partial charge in [-0.2, -0.15) is 0 Å². The molecule has 2 aliphatic carbocycles. The zero-order valence-electron chi connectivity index (χ0n) is 35.5. The minimum absolute atomic E-state index is 0.496. The molecule has 0 N–H and O–H groups in total. The molecule has 0 saturated heterocycles. The van der Waals surface area contributed by atoms with E-state index in [4.69, 9.17) is 0 Å². The van der Waals surface area contributed by atoms with Crippen molar-refractivity contribution in [1.29, 1.82) is 0 Å². The van der Waals surface area contributed by atoms with Crippen LogP contribution in [0.5, 0.6) is 0 Å². The van der Waals surface area contributed by atoms with Crippen LogP contribution in [0, 0.1) is 0 Å². The first-order valence-electron chi connectivity index (χ1n) is 22.7. The predicted octanol–water partition coefficient (Wildman–Crippen LogP) is 17.2. The summed E-state index contributed by atoms with van der Waals surface area (Å²) < 4.78 is 2.59. The number of fused-ring (bicyclic) bond motifs is 21. The van der Waals surface area contributed by atoms with Crippen molar-refractivity contribution in [2.24, 2.45) is 0 Å². The normalized spacial score (nSPS) is 14.8. The summed E-state index contributed by atoms with van der Waals surface area (Å²) in [5.74, 6) is 0. The number of hydrogen-bond acceptors (Lipinski definition) is 4. The van der Waals surface area contributed by atoms with E-state index in [1.807, 2.05) is 34.9 Å². The summed E-state index contributed by atoms with van der Waals surface area (Å²) in [6, 6.07) is 85.2. The zero-order chi connectivity index (χ0) is 43.1. The minimum Gasteiger partial charge on any atom is -0.309 e. The van der Waals surface area contributed by atoms with Crippen LogP contribution < -0.4 is 4.90 Å². The van der Waals surface area contributed by atoms with Gasteiger partial charge in [-0.1, -0.05) is 193 Å². The maximum atomic E-state index is 2.62. The number of nitrogens with zero attached hydrogens (tertiary/aromatic N) is 1. The van der Waals surface area contributed by atoms with Crippen molar-refractivity contribution in [3.63, 3.8) is 0 Å². The highest BCUT2D eigenvalue weighted by molar-refractivity contribution is 7.99. The first-order valence-corrected chi connectivity index (χ1v) is 25.1. The van der Waals surface area contributed by atoms with E-state index in [1.54, 1.807) is 0 Å². The molecule has 11 aromatic rings. The Morgan fingerprint density at radius 2 is 0.697 bits per heavy atom. The van der Waals surface area contributed by atoms with E-state index in [-0.39, 0.29) is 0 Å².